The van der Waals surface area contributed by atoms with E-state index in [4.69, 9.17) is 0 Å². The lowest BCUT2D eigenvalue weighted by molar-refractivity contribution is 0.0579. The third-order valence-corrected chi connectivity index (χ3v) is 4.65. The summed E-state index contributed by atoms with van der Waals surface area (Å²) in [6, 6.07) is 0.632. The first-order valence-electron chi connectivity index (χ1n) is 7.79. The maximum absolute atomic E-state index is 4.67. The summed E-state index contributed by atoms with van der Waals surface area (Å²) in [5.41, 5.74) is 1.13. The van der Waals surface area contributed by atoms with E-state index in [1.165, 1.54) is 45.3 Å². The summed E-state index contributed by atoms with van der Waals surface area (Å²) in [4.78, 5) is 7.28. The van der Waals surface area contributed by atoms with Crippen molar-refractivity contribution in [2.75, 3.05) is 31.5 Å². The van der Waals surface area contributed by atoms with E-state index in [2.05, 4.69) is 39.8 Å². The van der Waals surface area contributed by atoms with Crippen LogP contribution in [0.1, 0.15) is 44.3 Å². The van der Waals surface area contributed by atoms with Crippen LogP contribution in [0.25, 0.3) is 0 Å². The molecule has 2 bridgehead atoms. The number of hydrogen-bond donors (Lipinski definition) is 1. The lowest BCUT2D eigenvalue weighted by Crippen LogP contribution is -2.48. The number of fused-ring (bicyclic) bond motifs is 3. The third-order valence-electron chi connectivity index (χ3n) is 4.65. The molecule has 0 aliphatic carbocycles. The van der Waals surface area contributed by atoms with Gasteiger partial charge in [0.1, 0.15) is 0 Å². The Kier molecular flexibility index (Phi) is 3.78. The Labute approximate surface area is 116 Å². The van der Waals surface area contributed by atoms with Crippen LogP contribution < -0.4 is 5.32 Å². The third kappa shape index (κ3) is 2.64. The first-order chi connectivity index (χ1) is 9.28. The molecule has 1 atom stereocenters. The van der Waals surface area contributed by atoms with E-state index < -0.39 is 0 Å². The molecule has 1 aromatic rings. The molecule has 3 aliphatic rings. The zero-order valence-corrected chi connectivity index (χ0v) is 12.2. The predicted molar refractivity (Wildman–Crippen MR) is 78.6 cm³/mol. The molecule has 0 amide bonds. The number of imidazole rings is 1. The number of aryl methyl sites for hydroxylation is 1. The van der Waals surface area contributed by atoms with Gasteiger partial charge in [-0.1, -0.05) is 13.3 Å². The van der Waals surface area contributed by atoms with E-state index in [0.717, 1.165) is 24.1 Å². The fourth-order valence-corrected chi connectivity index (χ4v) is 3.53. The highest BCUT2D eigenvalue weighted by atomic mass is 15.3. The van der Waals surface area contributed by atoms with Gasteiger partial charge in [-0.05, 0) is 45.2 Å². The summed E-state index contributed by atoms with van der Waals surface area (Å²) >= 11 is 0. The molecule has 4 rings (SSSR count). The second kappa shape index (κ2) is 5.53. The van der Waals surface area contributed by atoms with E-state index in [-0.39, 0.29) is 0 Å². The lowest BCUT2D eigenvalue weighted by atomic mass is 9.84. The highest BCUT2D eigenvalue weighted by molar-refractivity contribution is 5.30. The second-order valence-corrected chi connectivity index (χ2v) is 6.10. The number of rotatable bonds is 5. The van der Waals surface area contributed by atoms with Crippen molar-refractivity contribution in [2.24, 2.45) is 5.92 Å². The zero-order valence-electron chi connectivity index (χ0n) is 12.2. The number of nitrogens with zero attached hydrogens (tertiary/aromatic N) is 3. The van der Waals surface area contributed by atoms with Crippen LogP contribution in [0.15, 0.2) is 6.20 Å². The van der Waals surface area contributed by atoms with Crippen molar-refractivity contribution in [3.05, 3.63) is 11.9 Å². The summed E-state index contributed by atoms with van der Waals surface area (Å²) in [7, 11) is 0. The summed E-state index contributed by atoms with van der Waals surface area (Å²) in [6.45, 7) is 9.17. The number of nitrogens with one attached hydrogen (secondary N) is 1. The number of hydrogen-bond acceptors (Lipinski definition) is 3. The number of piperidine rings is 3. The van der Waals surface area contributed by atoms with E-state index in [9.17, 15) is 0 Å². The van der Waals surface area contributed by atoms with Gasteiger partial charge in [-0.2, -0.15) is 0 Å². The Balaban J connectivity index is 1.76. The molecule has 4 heteroatoms. The SMILES string of the molecule is CCCCNc1nc(C)cn1C1CN2CCC1CC2. The second-order valence-electron chi connectivity index (χ2n) is 6.10. The van der Waals surface area contributed by atoms with Gasteiger partial charge in [0, 0.05) is 19.3 Å². The highest BCUT2D eigenvalue weighted by Crippen LogP contribution is 2.37. The number of aromatic nitrogens is 2. The summed E-state index contributed by atoms with van der Waals surface area (Å²) in [5.74, 6) is 1.94. The van der Waals surface area contributed by atoms with Crippen LogP contribution in [0.3, 0.4) is 0 Å². The van der Waals surface area contributed by atoms with Crippen LogP contribution in [-0.2, 0) is 0 Å². The zero-order chi connectivity index (χ0) is 13.2. The van der Waals surface area contributed by atoms with Crippen molar-refractivity contribution in [1.82, 2.24) is 14.5 Å². The maximum Gasteiger partial charge on any atom is 0.203 e. The molecular formula is C15H26N4. The summed E-state index contributed by atoms with van der Waals surface area (Å²) in [5, 5.41) is 3.53. The molecule has 4 nitrogen and oxygen atoms in total. The number of unbranched alkanes of at least 4 members (excludes halogenated alkanes) is 1. The van der Waals surface area contributed by atoms with Gasteiger partial charge in [0.2, 0.25) is 5.95 Å². The van der Waals surface area contributed by atoms with Crippen molar-refractivity contribution < 1.29 is 0 Å². The van der Waals surface area contributed by atoms with Gasteiger partial charge in [0.15, 0.2) is 0 Å². The minimum atomic E-state index is 0.632. The average molecular weight is 262 g/mol. The lowest BCUT2D eigenvalue weighted by Gasteiger charge is -2.45. The molecule has 0 spiro atoms. The fourth-order valence-electron chi connectivity index (χ4n) is 3.53. The van der Waals surface area contributed by atoms with E-state index in [1.54, 1.807) is 0 Å². The van der Waals surface area contributed by atoms with Gasteiger partial charge >= 0.3 is 0 Å². The van der Waals surface area contributed by atoms with Crippen LogP contribution in [0.5, 0.6) is 0 Å². The molecule has 3 fully saturated rings. The van der Waals surface area contributed by atoms with Crippen molar-refractivity contribution >= 4 is 5.95 Å². The molecule has 3 aliphatic heterocycles. The monoisotopic (exact) mass is 262 g/mol. The molecule has 106 valence electrons. The Morgan fingerprint density at radius 2 is 2.16 bits per heavy atom. The highest BCUT2D eigenvalue weighted by Gasteiger charge is 2.36. The van der Waals surface area contributed by atoms with Crippen LogP contribution in [0.4, 0.5) is 5.95 Å². The molecule has 0 saturated carbocycles. The molecule has 0 radical (unpaired) electrons. The molecule has 1 aromatic heterocycles. The van der Waals surface area contributed by atoms with E-state index >= 15 is 0 Å². The van der Waals surface area contributed by atoms with Crippen molar-refractivity contribution in [1.29, 1.82) is 0 Å². The van der Waals surface area contributed by atoms with Crippen LogP contribution >= 0.6 is 0 Å². The Morgan fingerprint density at radius 1 is 1.37 bits per heavy atom. The summed E-state index contributed by atoms with van der Waals surface area (Å²) < 4.78 is 2.42. The molecule has 0 aromatic carbocycles. The molecule has 1 unspecified atom stereocenters. The average Bonchev–Trinajstić information content (AvgIpc) is 2.81. The first-order valence-corrected chi connectivity index (χ1v) is 7.79. The Bertz CT molecular complexity index is 418. The van der Waals surface area contributed by atoms with E-state index in [1.807, 2.05) is 0 Å². The van der Waals surface area contributed by atoms with Crippen molar-refractivity contribution in [3.63, 3.8) is 0 Å². The van der Waals surface area contributed by atoms with Crippen molar-refractivity contribution in [3.8, 4) is 0 Å². The molecule has 19 heavy (non-hydrogen) atoms. The minimum absolute atomic E-state index is 0.632. The fraction of sp³-hybridized carbons (Fsp3) is 0.800. The van der Waals surface area contributed by atoms with Gasteiger partial charge in [0.25, 0.3) is 0 Å². The Hall–Kier alpha value is -1.03. The quantitative estimate of drug-likeness (QED) is 0.828. The largest absolute Gasteiger partial charge is 0.356 e. The van der Waals surface area contributed by atoms with Crippen LogP contribution in [0, 0.1) is 12.8 Å². The van der Waals surface area contributed by atoms with Gasteiger partial charge in [0.05, 0.1) is 11.7 Å². The van der Waals surface area contributed by atoms with Crippen molar-refractivity contribution in [2.45, 2.75) is 45.6 Å². The normalized spacial score (nSPS) is 29.7. The summed E-state index contributed by atoms with van der Waals surface area (Å²) in [6.07, 6.45) is 7.39. The smallest absolute Gasteiger partial charge is 0.203 e. The van der Waals surface area contributed by atoms with E-state index in [0.29, 0.717) is 6.04 Å². The topological polar surface area (TPSA) is 33.1 Å². The predicted octanol–water partition coefficient (Wildman–Crippen LogP) is 2.67. The molecule has 4 heterocycles. The molecule has 1 N–H and O–H groups in total. The first kappa shape index (κ1) is 13.0. The van der Waals surface area contributed by atoms with Gasteiger partial charge in [-0.3, -0.25) is 0 Å². The Morgan fingerprint density at radius 3 is 2.79 bits per heavy atom. The molecule has 3 saturated heterocycles. The standard InChI is InChI=1S/C15H26N4/c1-3-4-7-16-15-17-12(2)10-19(15)14-11-18-8-5-13(14)6-9-18/h10,13-14H,3-9,11H2,1-2H3,(H,16,17). The molecular weight excluding hydrogens is 236 g/mol. The van der Waals surface area contributed by atoms with Gasteiger partial charge in [-0.15, -0.1) is 0 Å². The van der Waals surface area contributed by atoms with Gasteiger partial charge < -0.3 is 14.8 Å². The van der Waals surface area contributed by atoms with Gasteiger partial charge in [-0.25, -0.2) is 4.98 Å². The van der Waals surface area contributed by atoms with Crippen LogP contribution in [-0.4, -0.2) is 40.6 Å². The minimum Gasteiger partial charge on any atom is -0.356 e. The maximum atomic E-state index is 4.67. The van der Waals surface area contributed by atoms with Crippen LogP contribution in [0.2, 0.25) is 0 Å². The number of anilines is 1.